The van der Waals surface area contributed by atoms with Gasteiger partial charge in [0.05, 0.1) is 11.1 Å². The Bertz CT molecular complexity index is 1280. The molecule has 30 heavy (non-hydrogen) atoms. The second kappa shape index (κ2) is 7.56. The molecular formula is C23H18N6O. The molecule has 0 aliphatic rings. The van der Waals surface area contributed by atoms with Gasteiger partial charge in [-0.2, -0.15) is 10.1 Å². The van der Waals surface area contributed by atoms with Crippen molar-refractivity contribution in [2.75, 3.05) is 11.1 Å². The van der Waals surface area contributed by atoms with Gasteiger partial charge in [-0.1, -0.05) is 36.4 Å². The van der Waals surface area contributed by atoms with Gasteiger partial charge in [-0.25, -0.2) is 4.98 Å². The van der Waals surface area contributed by atoms with E-state index in [2.05, 4.69) is 20.5 Å². The lowest BCUT2D eigenvalue weighted by Gasteiger charge is -2.10. The zero-order valence-electron chi connectivity index (χ0n) is 15.9. The first kappa shape index (κ1) is 17.7. The van der Waals surface area contributed by atoms with Crippen molar-refractivity contribution in [1.29, 1.82) is 0 Å². The Morgan fingerprint density at radius 3 is 2.17 bits per heavy atom. The first-order chi connectivity index (χ1) is 14.8. The van der Waals surface area contributed by atoms with Crippen molar-refractivity contribution in [3.05, 3.63) is 84.9 Å². The van der Waals surface area contributed by atoms with E-state index in [0.29, 0.717) is 28.5 Å². The number of nitrogens with two attached hydrogens (primary N) is 1. The molecule has 4 N–H and O–H groups in total. The van der Waals surface area contributed by atoms with Gasteiger partial charge in [-0.15, -0.1) is 0 Å². The molecule has 3 aromatic carbocycles. The third-order valence-electron chi connectivity index (χ3n) is 4.58. The number of ether oxygens (including phenoxy) is 1. The Hall–Kier alpha value is -4.39. The number of benzene rings is 3. The number of nitrogens with one attached hydrogen (secondary N) is 2. The number of fused-ring (bicyclic) bond motifs is 1. The molecule has 0 aliphatic carbocycles. The van der Waals surface area contributed by atoms with Gasteiger partial charge in [0, 0.05) is 11.3 Å². The summed E-state index contributed by atoms with van der Waals surface area (Å²) >= 11 is 0. The lowest BCUT2D eigenvalue weighted by atomic mass is 10.1. The monoisotopic (exact) mass is 394 g/mol. The maximum atomic E-state index is 6.08. The van der Waals surface area contributed by atoms with E-state index in [1.807, 2.05) is 84.9 Å². The van der Waals surface area contributed by atoms with Gasteiger partial charge >= 0.3 is 0 Å². The van der Waals surface area contributed by atoms with Gasteiger partial charge < -0.3 is 15.8 Å². The molecule has 2 aromatic heterocycles. The zero-order chi connectivity index (χ0) is 20.3. The average molecular weight is 394 g/mol. The van der Waals surface area contributed by atoms with E-state index < -0.39 is 0 Å². The molecule has 0 radical (unpaired) electrons. The molecule has 7 nitrogen and oxygen atoms in total. The first-order valence-electron chi connectivity index (χ1n) is 9.43. The number of hydrogen-bond donors (Lipinski definition) is 3. The summed E-state index contributed by atoms with van der Waals surface area (Å²) in [6.07, 6.45) is 0. The fourth-order valence-electron chi connectivity index (χ4n) is 3.17. The topological polar surface area (TPSA) is 102 Å². The van der Waals surface area contributed by atoms with E-state index in [-0.39, 0.29) is 0 Å². The molecule has 0 saturated heterocycles. The van der Waals surface area contributed by atoms with Crippen molar-refractivity contribution >= 4 is 28.5 Å². The predicted octanol–water partition coefficient (Wildman–Crippen LogP) is 5.14. The molecule has 0 unspecified atom stereocenters. The van der Waals surface area contributed by atoms with Crippen molar-refractivity contribution in [3.63, 3.8) is 0 Å². The minimum Gasteiger partial charge on any atom is -0.457 e. The summed E-state index contributed by atoms with van der Waals surface area (Å²) in [4.78, 5) is 9.22. The summed E-state index contributed by atoms with van der Waals surface area (Å²) in [6.45, 7) is 0. The van der Waals surface area contributed by atoms with Crippen molar-refractivity contribution in [1.82, 2.24) is 20.2 Å². The summed E-state index contributed by atoms with van der Waals surface area (Å²) in [5, 5.41) is 10.9. The lowest BCUT2D eigenvalue weighted by molar-refractivity contribution is 0.483. The summed E-state index contributed by atoms with van der Waals surface area (Å²) in [5.41, 5.74) is 9.11. The Labute approximate surface area is 172 Å². The number of aromatic amines is 1. The van der Waals surface area contributed by atoms with Crippen LogP contribution in [0.1, 0.15) is 0 Å². The van der Waals surface area contributed by atoms with Crippen LogP contribution in [0.25, 0.3) is 22.3 Å². The van der Waals surface area contributed by atoms with Crippen LogP contribution in [0.15, 0.2) is 84.9 Å². The molecule has 0 amide bonds. The Kier molecular flexibility index (Phi) is 4.46. The summed E-state index contributed by atoms with van der Waals surface area (Å²) in [7, 11) is 0. The predicted molar refractivity (Wildman–Crippen MR) is 118 cm³/mol. The summed E-state index contributed by atoms with van der Waals surface area (Å²) in [6, 6.07) is 27.1. The van der Waals surface area contributed by atoms with Crippen LogP contribution >= 0.6 is 0 Å². The highest BCUT2D eigenvalue weighted by molar-refractivity contribution is 5.98. The molecule has 7 heteroatoms. The molecule has 5 rings (SSSR count). The summed E-state index contributed by atoms with van der Waals surface area (Å²) < 4.78 is 5.88. The molecule has 5 aromatic rings. The fraction of sp³-hybridized carbons (Fsp3) is 0. The second-order valence-electron chi connectivity index (χ2n) is 6.66. The highest BCUT2D eigenvalue weighted by atomic mass is 16.5. The van der Waals surface area contributed by atoms with Gasteiger partial charge in [0.1, 0.15) is 11.5 Å². The van der Waals surface area contributed by atoms with Crippen molar-refractivity contribution in [2.24, 2.45) is 0 Å². The van der Waals surface area contributed by atoms with Gasteiger partial charge in [0.2, 0.25) is 5.95 Å². The zero-order valence-corrected chi connectivity index (χ0v) is 15.9. The molecule has 146 valence electrons. The van der Waals surface area contributed by atoms with E-state index in [1.165, 1.54) is 0 Å². The first-order valence-corrected chi connectivity index (χ1v) is 9.43. The van der Waals surface area contributed by atoms with Crippen LogP contribution in [0.2, 0.25) is 0 Å². The molecule has 2 heterocycles. The molecule has 0 saturated carbocycles. The number of hydrogen-bond acceptors (Lipinski definition) is 6. The number of anilines is 3. The molecule has 0 atom stereocenters. The largest absolute Gasteiger partial charge is 0.457 e. The number of nitrogen functional groups attached to an aromatic ring is 1. The van der Waals surface area contributed by atoms with Crippen molar-refractivity contribution in [2.45, 2.75) is 0 Å². The van der Waals surface area contributed by atoms with Crippen LogP contribution < -0.4 is 15.8 Å². The third-order valence-corrected chi connectivity index (χ3v) is 4.58. The number of nitrogens with zero attached hydrogens (tertiary/aromatic N) is 3. The molecule has 0 fully saturated rings. The number of para-hydroxylation sites is 2. The smallest absolute Gasteiger partial charge is 0.229 e. The molecular weight excluding hydrogens is 376 g/mol. The maximum absolute atomic E-state index is 6.08. The number of rotatable bonds is 5. The van der Waals surface area contributed by atoms with E-state index in [0.717, 1.165) is 22.7 Å². The van der Waals surface area contributed by atoms with E-state index in [4.69, 9.17) is 15.5 Å². The van der Waals surface area contributed by atoms with E-state index in [1.54, 1.807) is 0 Å². The normalized spacial score (nSPS) is 10.8. The molecule has 0 spiro atoms. The van der Waals surface area contributed by atoms with Crippen molar-refractivity contribution in [3.8, 4) is 22.8 Å². The van der Waals surface area contributed by atoms with Gasteiger partial charge in [-0.3, -0.25) is 5.10 Å². The highest BCUT2D eigenvalue weighted by Gasteiger charge is 2.15. The van der Waals surface area contributed by atoms with Crippen LogP contribution in [0, 0.1) is 0 Å². The SMILES string of the molecule is Nc1n[nH]c2nc(Nc3ccccc3)nc(-c3ccc(Oc4ccccc4)cc3)c12. The van der Waals surface area contributed by atoms with Gasteiger partial charge in [-0.05, 0) is 48.5 Å². The van der Waals surface area contributed by atoms with E-state index >= 15 is 0 Å². The number of H-pyrrole nitrogens is 1. The highest BCUT2D eigenvalue weighted by Crippen LogP contribution is 2.32. The second-order valence-corrected chi connectivity index (χ2v) is 6.66. The number of aromatic nitrogens is 4. The Morgan fingerprint density at radius 2 is 1.43 bits per heavy atom. The average Bonchev–Trinajstić information content (AvgIpc) is 3.16. The molecule has 0 aliphatic heterocycles. The third kappa shape index (κ3) is 3.51. The van der Waals surface area contributed by atoms with Crippen LogP contribution in [0.5, 0.6) is 11.5 Å². The minimum atomic E-state index is 0.357. The summed E-state index contributed by atoms with van der Waals surface area (Å²) in [5.74, 6) is 2.33. The van der Waals surface area contributed by atoms with E-state index in [9.17, 15) is 0 Å². The van der Waals surface area contributed by atoms with Gasteiger partial charge in [0.25, 0.3) is 0 Å². The molecule has 0 bridgehead atoms. The van der Waals surface area contributed by atoms with Crippen LogP contribution in [-0.4, -0.2) is 20.2 Å². The lowest BCUT2D eigenvalue weighted by Crippen LogP contribution is -2.00. The van der Waals surface area contributed by atoms with Crippen molar-refractivity contribution < 1.29 is 4.74 Å². The Morgan fingerprint density at radius 1 is 0.767 bits per heavy atom. The van der Waals surface area contributed by atoms with Crippen LogP contribution in [-0.2, 0) is 0 Å². The van der Waals surface area contributed by atoms with Gasteiger partial charge in [0.15, 0.2) is 11.5 Å². The fourth-order valence-corrected chi connectivity index (χ4v) is 3.17. The standard InChI is InChI=1S/C23H18N6O/c24-21-19-20(15-11-13-18(14-12-15)30-17-9-5-2-6-10-17)26-23(27-22(19)29-28-21)25-16-7-3-1-4-8-16/h1-14H,(H4,24,25,26,27,28,29). The van der Waals surface area contributed by atoms with Crippen LogP contribution in [0.3, 0.4) is 0 Å². The van der Waals surface area contributed by atoms with Crippen LogP contribution in [0.4, 0.5) is 17.5 Å². The Balaban J connectivity index is 1.51. The maximum Gasteiger partial charge on any atom is 0.229 e. The quantitative estimate of drug-likeness (QED) is 0.382. The minimum absolute atomic E-state index is 0.357.